The highest BCUT2D eigenvalue weighted by Crippen LogP contribution is 2.32. The van der Waals surface area contributed by atoms with E-state index in [-0.39, 0.29) is 17.2 Å². The van der Waals surface area contributed by atoms with E-state index >= 15 is 0 Å². The molecule has 0 spiro atoms. The highest BCUT2D eigenvalue weighted by Gasteiger charge is 2.34. The van der Waals surface area contributed by atoms with Crippen molar-refractivity contribution in [2.24, 2.45) is 11.8 Å². The van der Waals surface area contributed by atoms with Crippen LogP contribution < -0.4 is 4.90 Å². The van der Waals surface area contributed by atoms with Gasteiger partial charge in [0.15, 0.2) is 0 Å². The molecule has 2 aliphatic rings. The number of hydrogen-bond donors (Lipinski definition) is 0. The third kappa shape index (κ3) is 3.87. The fraction of sp³-hybridized carbons (Fsp3) is 0.750. The van der Waals surface area contributed by atoms with Gasteiger partial charge in [0.25, 0.3) is 0 Å². The summed E-state index contributed by atoms with van der Waals surface area (Å²) >= 11 is 0. The van der Waals surface area contributed by atoms with Gasteiger partial charge >= 0.3 is 0 Å². The van der Waals surface area contributed by atoms with Crippen LogP contribution in [0.3, 0.4) is 0 Å². The highest BCUT2D eigenvalue weighted by molar-refractivity contribution is 5.80. The Kier molecular flexibility index (Phi) is 5.27. The molecule has 0 saturated carbocycles. The van der Waals surface area contributed by atoms with Gasteiger partial charge in [0.1, 0.15) is 6.07 Å². The Morgan fingerprint density at radius 2 is 1.92 bits per heavy atom. The third-order valence-corrected chi connectivity index (χ3v) is 5.51. The summed E-state index contributed by atoms with van der Waals surface area (Å²) in [6.07, 6.45) is 4.02. The van der Waals surface area contributed by atoms with E-state index in [2.05, 4.69) is 18.0 Å². The van der Waals surface area contributed by atoms with Crippen LogP contribution in [0.1, 0.15) is 65.0 Å². The van der Waals surface area contributed by atoms with Gasteiger partial charge in [-0.25, -0.2) is 0 Å². The predicted octanol–water partition coefficient (Wildman–Crippen LogP) is 3.32. The largest absolute Gasteiger partial charge is 0.423 e. The maximum Gasteiger partial charge on any atom is 0.234 e. The van der Waals surface area contributed by atoms with Gasteiger partial charge in [-0.1, -0.05) is 27.7 Å². The number of piperidine rings is 2. The lowest BCUT2D eigenvalue weighted by Gasteiger charge is -2.37. The number of rotatable bonds is 2. The first-order valence-electron chi connectivity index (χ1n) is 9.74. The molecule has 1 aromatic rings. The number of carbonyl (C=O) groups is 1. The minimum Gasteiger partial charge on any atom is -0.423 e. The second kappa shape index (κ2) is 7.30. The van der Waals surface area contributed by atoms with Crippen molar-refractivity contribution in [3.8, 4) is 6.07 Å². The van der Waals surface area contributed by atoms with Crippen LogP contribution in [-0.4, -0.2) is 42.0 Å². The number of nitrogens with zero attached hydrogens (tertiary/aromatic N) is 4. The van der Waals surface area contributed by atoms with Crippen LogP contribution in [0, 0.1) is 23.2 Å². The number of carbonyl (C=O) groups excluding carboxylic acids is 1. The van der Waals surface area contributed by atoms with Crippen molar-refractivity contribution in [2.45, 2.75) is 58.8 Å². The van der Waals surface area contributed by atoms with Crippen LogP contribution >= 0.6 is 0 Å². The van der Waals surface area contributed by atoms with Gasteiger partial charge in [-0.2, -0.15) is 10.2 Å². The molecule has 1 aromatic heterocycles. The lowest BCUT2D eigenvalue weighted by Crippen LogP contribution is -2.47. The Morgan fingerprint density at radius 1 is 1.23 bits per heavy atom. The summed E-state index contributed by atoms with van der Waals surface area (Å²) in [6, 6.07) is 2.16. The number of hydrogen-bond acceptors (Lipinski definition) is 5. The molecule has 0 aliphatic carbocycles. The summed E-state index contributed by atoms with van der Waals surface area (Å²) in [5, 5.41) is 9.46. The van der Waals surface area contributed by atoms with Crippen molar-refractivity contribution in [1.29, 1.82) is 5.26 Å². The average Bonchev–Trinajstić information content (AvgIpc) is 3.07. The summed E-state index contributed by atoms with van der Waals surface area (Å²) in [7, 11) is 0. The maximum atomic E-state index is 12.9. The van der Waals surface area contributed by atoms with E-state index < -0.39 is 0 Å². The molecule has 1 amide bonds. The zero-order chi connectivity index (χ0) is 18.9. The van der Waals surface area contributed by atoms with Crippen molar-refractivity contribution in [3.05, 3.63) is 11.6 Å². The second-order valence-electron chi connectivity index (χ2n) is 8.83. The van der Waals surface area contributed by atoms with E-state index in [1.807, 2.05) is 30.6 Å². The number of nitriles is 1. The molecule has 0 radical (unpaired) electrons. The molecule has 142 valence electrons. The van der Waals surface area contributed by atoms with Crippen LogP contribution in [0.5, 0.6) is 0 Å². The first-order valence-corrected chi connectivity index (χ1v) is 9.74. The minimum atomic E-state index is -0.251. The van der Waals surface area contributed by atoms with Crippen molar-refractivity contribution in [1.82, 2.24) is 9.88 Å². The normalized spacial score (nSPS) is 22.3. The Hall–Kier alpha value is -2.03. The van der Waals surface area contributed by atoms with Crippen molar-refractivity contribution in [2.75, 3.05) is 31.1 Å². The smallest absolute Gasteiger partial charge is 0.234 e. The van der Waals surface area contributed by atoms with E-state index in [9.17, 15) is 10.1 Å². The number of oxazole rings is 1. The number of amides is 1. The lowest BCUT2D eigenvalue weighted by atomic mass is 9.93. The van der Waals surface area contributed by atoms with Crippen molar-refractivity contribution >= 4 is 11.8 Å². The third-order valence-electron chi connectivity index (χ3n) is 5.51. The molecule has 0 bridgehead atoms. The zero-order valence-corrected chi connectivity index (χ0v) is 16.4. The van der Waals surface area contributed by atoms with E-state index in [1.165, 1.54) is 0 Å². The number of aromatic nitrogens is 1. The molecule has 0 N–H and O–H groups in total. The molecule has 6 nitrogen and oxygen atoms in total. The number of anilines is 1. The van der Waals surface area contributed by atoms with E-state index in [0.29, 0.717) is 29.9 Å². The lowest BCUT2D eigenvalue weighted by molar-refractivity contribution is -0.137. The van der Waals surface area contributed by atoms with Gasteiger partial charge in [0.2, 0.25) is 23.4 Å². The van der Waals surface area contributed by atoms with Gasteiger partial charge in [-0.15, -0.1) is 0 Å². The van der Waals surface area contributed by atoms with E-state index in [1.54, 1.807) is 0 Å². The molecular weight excluding hydrogens is 328 g/mol. The molecule has 2 aliphatic heterocycles. The van der Waals surface area contributed by atoms with Crippen molar-refractivity contribution < 1.29 is 9.21 Å². The highest BCUT2D eigenvalue weighted by atomic mass is 16.4. The standard InChI is InChI=1S/C20H30N4O2/c1-14-7-10-23(11-8-14)17(25)15-6-5-9-24(13-15)18-16(12-21)22-19(26-18)20(2,3)4/h14-15H,5-11,13H2,1-4H3. The molecule has 6 heteroatoms. The molecule has 3 heterocycles. The first kappa shape index (κ1) is 18.8. The first-order chi connectivity index (χ1) is 12.3. The molecular formula is C20H30N4O2. The van der Waals surface area contributed by atoms with Gasteiger partial charge in [0, 0.05) is 31.6 Å². The van der Waals surface area contributed by atoms with Crippen LogP contribution in [0.4, 0.5) is 5.88 Å². The monoisotopic (exact) mass is 358 g/mol. The zero-order valence-electron chi connectivity index (χ0n) is 16.4. The Labute approximate surface area is 156 Å². The molecule has 3 rings (SSSR count). The van der Waals surface area contributed by atoms with Gasteiger partial charge in [0.05, 0.1) is 5.92 Å². The fourth-order valence-corrected chi connectivity index (χ4v) is 3.77. The predicted molar refractivity (Wildman–Crippen MR) is 99.8 cm³/mol. The fourth-order valence-electron chi connectivity index (χ4n) is 3.77. The Morgan fingerprint density at radius 3 is 2.54 bits per heavy atom. The molecule has 1 atom stereocenters. The van der Waals surface area contributed by atoms with Crippen LogP contribution in [0.2, 0.25) is 0 Å². The minimum absolute atomic E-state index is 0.0214. The van der Waals surface area contributed by atoms with Crippen LogP contribution in [0.15, 0.2) is 4.42 Å². The van der Waals surface area contributed by atoms with E-state index in [4.69, 9.17) is 4.42 Å². The Balaban J connectivity index is 1.74. The summed E-state index contributed by atoms with van der Waals surface area (Å²) < 4.78 is 5.96. The number of likely N-dealkylation sites (tertiary alicyclic amines) is 1. The summed E-state index contributed by atoms with van der Waals surface area (Å²) in [5.41, 5.74) is 0.0779. The van der Waals surface area contributed by atoms with Crippen molar-refractivity contribution in [3.63, 3.8) is 0 Å². The summed E-state index contributed by atoms with van der Waals surface area (Å²) in [6.45, 7) is 11.5. The average molecular weight is 358 g/mol. The Bertz CT molecular complexity index is 690. The SMILES string of the molecule is CC1CCN(C(=O)C2CCCN(c3oc(C(C)(C)C)nc3C#N)C2)CC1. The molecule has 26 heavy (non-hydrogen) atoms. The second-order valence-corrected chi connectivity index (χ2v) is 8.83. The van der Waals surface area contributed by atoms with Gasteiger partial charge in [-0.05, 0) is 31.6 Å². The quantitative estimate of drug-likeness (QED) is 0.811. The maximum absolute atomic E-state index is 12.9. The molecule has 1 unspecified atom stereocenters. The van der Waals surface area contributed by atoms with Crippen LogP contribution in [-0.2, 0) is 10.2 Å². The van der Waals surface area contributed by atoms with E-state index in [0.717, 1.165) is 45.3 Å². The molecule has 2 fully saturated rings. The summed E-state index contributed by atoms with van der Waals surface area (Å²) in [5.74, 6) is 2.05. The van der Waals surface area contributed by atoms with Crippen LogP contribution in [0.25, 0.3) is 0 Å². The molecule has 2 saturated heterocycles. The summed E-state index contributed by atoms with van der Waals surface area (Å²) in [4.78, 5) is 21.4. The van der Waals surface area contributed by atoms with Gasteiger partial charge in [-0.3, -0.25) is 4.79 Å². The van der Waals surface area contributed by atoms with Gasteiger partial charge < -0.3 is 14.2 Å². The molecule has 0 aromatic carbocycles. The topological polar surface area (TPSA) is 73.4 Å².